The van der Waals surface area contributed by atoms with Crippen LogP contribution in [0, 0.1) is 0 Å². The van der Waals surface area contributed by atoms with E-state index in [1.54, 1.807) is 12.1 Å². The van der Waals surface area contributed by atoms with Gasteiger partial charge in [-0.25, -0.2) is 4.83 Å². The van der Waals surface area contributed by atoms with E-state index in [1.165, 1.54) is 29.7 Å². The van der Waals surface area contributed by atoms with Crippen molar-refractivity contribution in [3.05, 3.63) is 46.7 Å². The zero-order valence-electron chi connectivity index (χ0n) is 10.8. The van der Waals surface area contributed by atoms with Gasteiger partial charge in [-0.05, 0) is 48.0 Å². The molecule has 0 radical (unpaired) electrons. The summed E-state index contributed by atoms with van der Waals surface area (Å²) in [4.78, 5) is 2.31. The van der Waals surface area contributed by atoms with Crippen LogP contribution >= 0.6 is 11.3 Å². The van der Waals surface area contributed by atoms with Crippen molar-refractivity contribution in [1.29, 1.82) is 0 Å². The monoisotopic (exact) mass is 310 g/mol. The molecule has 106 valence electrons. The van der Waals surface area contributed by atoms with Crippen LogP contribution in [0.15, 0.2) is 51.1 Å². The van der Waals surface area contributed by atoms with Crippen molar-refractivity contribution in [1.82, 2.24) is 4.83 Å². The van der Waals surface area contributed by atoms with E-state index in [0.29, 0.717) is 12.4 Å². The lowest BCUT2D eigenvalue weighted by Crippen LogP contribution is -2.18. The first kappa shape index (κ1) is 14.5. The van der Waals surface area contributed by atoms with Crippen LogP contribution in [0.3, 0.4) is 0 Å². The first-order chi connectivity index (χ1) is 9.62. The molecule has 2 aromatic rings. The summed E-state index contributed by atoms with van der Waals surface area (Å²) in [6, 6.07) is 8.03. The van der Waals surface area contributed by atoms with Gasteiger partial charge in [0.15, 0.2) is 0 Å². The summed E-state index contributed by atoms with van der Waals surface area (Å²) in [7, 11) is -3.65. The molecular weight excluding hydrogens is 296 g/mol. The third kappa shape index (κ3) is 3.82. The fourth-order valence-corrected chi connectivity index (χ4v) is 2.86. The van der Waals surface area contributed by atoms with Gasteiger partial charge in [-0.1, -0.05) is 0 Å². The topological polar surface area (TPSA) is 67.8 Å². The van der Waals surface area contributed by atoms with Gasteiger partial charge in [-0.15, -0.1) is 0 Å². The van der Waals surface area contributed by atoms with E-state index in [9.17, 15) is 8.42 Å². The Morgan fingerprint density at radius 2 is 2.05 bits per heavy atom. The predicted molar refractivity (Wildman–Crippen MR) is 79.8 cm³/mol. The molecule has 5 nitrogen and oxygen atoms in total. The smallest absolute Gasteiger partial charge is 0.276 e. The lowest BCUT2D eigenvalue weighted by molar-refractivity contribution is 0.340. The Balaban J connectivity index is 2.06. The summed E-state index contributed by atoms with van der Waals surface area (Å²) in [5.74, 6) is 0.633. The number of nitrogens with one attached hydrogen (secondary N) is 1. The molecule has 2 rings (SSSR count). The Morgan fingerprint density at radius 3 is 2.65 bits per heavy atom. The Hall–Kier alpha value is -1.86. The molecule has 1 aromatic carbocycles. The molecule has 0 spiro atoms. The van der Waals surface area contributed by atoms with Crippen molar-refractivity contribution in [2.24, 2.45) is 5.10 Å². The Bertz CT molecular complexity index is 662. The van der Waals surface area contributed by atoms with Gasteiger partial charge < -0.3 is 4.74 Å². The van der Waals surface area contributed by atoms with Crippen molar-refractivity contribution < 1.29 is 13.2 Å². The Kier molecular flexibility index (Phi) is 4.75. The summed E-state index contributed by atoms with van der Waals surface area (Å²) in [6.45, 7) is 2.40. The van der Waals surface area contributed by atoms with Crippen molar-refractivity contribution in [2.45, 2.75) is 11.8 Å². The number of sulfonamides is 1. The second-order valence-electron chi connectivity index (χ2n) is 3.81. The first-order valence-electron chi connectivity index (χ1n) is 5.92. The van der Waals surface area contributed by atoms with Gasteiger partial charge >= 0.3 is 0 Å². The van der Waals surface area contributed by atoms with E-state index in [-0.39, 0.29) is 4.90 Å². The number of benzene rings is 1. The quantitative estimate of drug-likeness (QED) is 0.658. The highest BCUT2D eigenvalue weighted by Gasteiger charge is 2.12. The number of thiophene rings is 1. The van der Waals surface area contributed by atoms with Crippen LogP contribution in [-0.4, -0.2) is 21.2 Å². The maximum absolute atomic E-state index is 12.0. The standard InChI is InChI=1S/C13H14N2O3S2/c1-2-18-12-3-5-13(6-4-12)20(16,17)15-14-9-11-7-8-19-10-11/h3-10,15H,2H2,1H3/b14-9+. The number of hydrazone groups is 1. The van der Waals surface area contributed by atoms with Gasteiger partial charge in [0.1, 0.15) is 5.75 Å². The maximum atomic E-state index is 12.0. The van der Waals surface area contributed by atoms with Gasteiger partial charge in [0, 0.05) is 5.56 Å². The minimum atomic E-state index is -3.65. The first-order valence-corrected chi connectivity index (χ1v) is 8.34. The highest BCUT2D eigenvalue weighted by atomic mass is 32.2. The lowest BCUT2D eigenvalue weighted by atomic mass is 10.3. The average Bonchev–Trinajstić information content (AvgIpc) is 2.93. The molecule has 1 aromatic heterocycles. The molecule has 0 saturated heterocycles. The molecule has 0 amide bonds. The summed E-state index contributed by atoms with van der Waals surface area (Å²) in [5.41, 5.74) is 0.851. The van der Waals surface area contributed by atoms with Crippen molar-refractivity contribution in [3.63, 3.8) is 0 Å². The normalized spacial score (nSPS) is 11.7. The highest BCUT2D eigenvalue weighted by Crippen LogP contribution is 2.15. The van der Waals surface area contributed by atoms with E-state index < -0.39 is 10.0 Å². The van der Waals surface area contributed by atoms with E-state index in [2.05, 4.69) is 9.93 Å². The minimum Gasteiger partial charge on any atom is -0.494 e. The minimum absolute atomic E-state index is 0.142. The second kappa shape index (κ2) is 6.53. The summed E-state index contributed by atoms with van der Waals surface area (Å²) in [6.07, 6.45) is 1.46. The molecule has 0 atom stereocenters. The van der Waals surface area contributed by atoms with Gasteiger partial charge in [-0.2, -0.15) is 24.9 Å². The number of hydrogen-bond acceptors (Lipinski definition) is 5. The van der Waals surface area contributed by atoms with Gasteiger partial charge in [0.25, 0.3) is 10.0 Å². The van der Waals surface area contributed by atoms with Crippen LogP contribution in [0.2, 0.25) is 0 Å². The largest absolute Gasteiger partial charge is 0.494 e. The molecule has 0 aliphatic heterocycles. The summed E-state index contributed by atoms with van der Waals surface area (Å²) < 4.78 is 29.2. The van der Waals surface area contributed by atoms with Crippen LogP contribution in [0.1, 0.15) is 12.5 Å². The number of hydrogen-bond donors (Lipinski definition) is 1. The van der Waals surface area contributed by atoms with Crippen LogP contribution < -0.4 is 9.57 Å². The van der Waals surface area contributed by atoms with Gasteiger partial charge in [0.05, 0.1) is 17.7 Å². The SMILES string of the molecule is CCOc1ccc(S(=O)(=O)N/N=C/c2ccsc2)cc1. The van der Waals surface area contributed by atoms with E-state index in [0.717, 1.165) is 5.56 Å². The summed E-state index contributed by atoms with van der Waals surface area (Å²) in [5, 5.41) is 7.49. The van der Waals surface area contributed by atoms with Crippen molar-refractivity contribution in [2.75, 3.05) is 6.61 Å². The molecule has 0 bridgehead atoms. The Morgan fingerprint density at radius 1 is 1.30 bits per heavy atom. The van der Waals surface area contributed by atoms with Crippen LogP contribution in [-0.2, 0) is 10.0 Å². The van der Waals surface area contributed by atoms with E-state index in [4.69, 9.17) is 4.74 Å². The second-order valence-corrected chi connectivity index (χ2v) is 6.25. The molecule has 0 saturated carbocycles. The highest BCUT2D eigenvalue weighted by molar-refractivity contribution is 7.89. The van der Waals surface area contributed by atoms with E-state index >= 15 is 0 Å². The summed E-state index contributed by atoms with van der Waals surface area (Å²) >= 11 is 1.52. The number of ether oxygens (including phenoxy) is 1. The molecular formula is C13H14N2O3S2. The van der Waals surface area contributed by atoms with Crippen LogP contribution in [0.4, 0.5) is 0 Å². The molecule has 0 aliphatic carbocycles. The number of nitrogens with zero attached hydrogens (tertiary/aromatic N) is 1. The van der Waals surface area contributed by atoms with Crippen LogP contribution in [0.25, 0.3) is 0 Å². The van der Waals surface area contributed by atoms with Gasteiger partial charge in [-0.3, -0.25) is 0 Å². The van der Waals surface area contributed by atoms with Crippen LogP contribution in [0.5, 0.6) is 5.75 Å². The Labute approximate surface area is 122 Å². The third-order valence-electron chi connectivity index (χ3n) is 2.37. The molecule has 1 heterocycles. The molecule has 7 heteroatoms. The fourth-order valence-electron chi connectivity index (χ4n) is 1.45. The van der Waals surface area contributed by atoms with Crippen molar-refractivity contribution >= 4 is 27.6 Å². The predicted octanol–water partition coefficient (Wildman–Crippen LogP) is 2.46. The maximum Gasteiger partial charge on any atom is 0.276 e. The van der Waals surface area contributed by atoms with Crippen molar-refractivity contribution in [3.8, 4) is 5.75 Å². The molecule has 20 heavy (non-hydrogen) atoms. The molecule has 0 fully saturated rings. The van der Waals surface area contributed by atoms with Gasteiger partial charge in [0.2, 0.25) is 0 Å². The third-order valence-corrected chi connectivity index (χ3v) is 4.31. The fraction of sp³-hybridized carbons (Fsp3) is 0.154. The molecule has 0 unspecified atom stereocenters. The molecule has 1 N–H and O–H groups in total. The average molecular weight is 310 g/mol. The zero-order chi connectivity index (χ0) is 14.4. The number of rotatable bonds is 6. The van der Waals surface area contributed by atoms with E-state index in [1.807, 2.05) is 23.8 Å². The zero-order valence-corrected chi connectivity index (χ0v) is 12.4. The molecule has 0 aliphatic rings. The lowest BCUT2D eigenvalue weighted by Gasteiger charge is -2.05.